The fourth-order valence-corrected chi connectivity index (χ4v) is 2.73. The first-order valence-corrected chi connectivity index (χ1v) is 8.07. The minimum Gasteiger partial charge on any atom is -0.478 e. The van der Waals surface area contributed by atoms with Crippen molar-refractivity contribution in [3.8, 4) is 0 Å². The quantitative estimate of drug-likeness (QED) is 0.505. The lowest BCUT2D eigenvalue weighted by Gasteiger charge is -2.21. The molecule has 1 saturated heterocycles. The Balaban J connectivity index is 1.85. The molecule has 0 bridgehead atoms. The van der Waals surface area contributed by atoms with E-state index in [-0.39, 0.29) is 16.9 Å². The highest BCUT2D eigenvalue weighted by molar-refractivity contribution is 6.10. The number of aliphatic hydroxyl groups is 2. The van der Waals surface area contributed by atoms with E-state index in [0.717, 1.165) is 24.5 Å². The molecule has 4 N–H and O–H groups in total. The molecule has 2 aromatic rings. The molecule has 0 saturated carbocycles. The van der Waals surface area contributed by atoms with Crippen LogP contribution in [0.3, 0.4) is 0 Å². The third-order valence-electron chi connectivity index (χ3n) is 4.18. The van der Waals surface area contributed by atoms with Crippen LogP contribution in [-0.2, 0) is 4.74 Å². The van der Waals surface area contributed by atoms with E-state index >= 15 is 0 Å². The van der Waals surface area contributed by atoms with Crippen LogP contribution in [0.15, 0.2) is 35.5 Å². The number of hydrogen-bond acceptors (Lipinski definition) is 8. The average Bonchev–Trinajstić information content (AvgIpc) is 2.91. The molecule has 1 aliphatic rings. The largest absolute Gasteiger partial charge is 0.478 e. The first-order valence-electron chi connectivity index (χ1n) is 8.07. The highest BCUT2D eigenvalue weighted by Gasteiger charge is 2.59. The van der Waals surface area contributed by atoms with E-state index in [1.807, 2.05) is 0 Å². The van der Waals surface area contributed by atoms with Crippen molar-refractivity contribution < 1.29 is 38.4 Å². The summed E-state index contributed by atoms with van der Waals surface area (Å²) in [4.78, 5) is 42.6. The fourth-order valence-electron chi connectivity index (χ4n) is 2.73. The van der Waals surface area contributed by atoms with Gasteiger partial charge in [0.15, 0.2) is 6.10 Å². The third-order valence-corrected chi connectivity index (χ3v) is 4.18. The molecule has 0 spiro atoms. The van der Waals surface area contributed by atoms with Gasteiger partial charge >= 0.3 is 17.6 Å². The van der Waals surface area contributed by atoms with Gasteiger partial charge in [-0.15, -0.1) is 0 Å². The highest BCUT2D eigenvalue weighted by Crippen LogP contribution is 2.41. The number of aromatic nitrogens is 3. The number of halogens is 2. The molecule has 13 heteroatoms. The maximum absolute atomic E-state index is 14.2. The van der Waals surface area contributed by atoms with Gasteiger partial charge in [-0.05, 0) is 12.1 Å². The zero-order valence-corrected chi connectivity index (χ0v) is 14.4. The van der Waals surface area contributed by atoms with E-state index in [9.17, 15) is 28.3 Å². The van der Waals surface area contributed by atoms with Gasteiger partial charge in [0.25, 0.3) is 5.91 Å². The topological polar surface area (TPSA) is 164 Å². The van der Waals surface area contributed by atoms with Crippen molar-refractivity contribution in [3.63, 3.8) is 0 Å². The number of ether oxygens (including phenoxy) is 1. The van der Waals surface area contributed by atoms with Crippen molar-refractivity contribution in [1.82, 2.24) is 14.5 Å². The van der Waals surface area contributed by atoms with Gasteiger partial charge in [-0.25, -0.2) is 9.59 Å². The first-order chi connectivity index (χ1) is 13.7. The van der Waals surface area contributed by atoms with E-state index in [1.165, 1.54) is 6.20 Å². The maximum atomic E-state index is 14.2. The van der Waals surface area contributed by atoms with Crippen LogP contribution >= 0.6 is 0 Å². The second-order valence-electron chi connectivity index (χ2n) is 6.01. The minimum absolute atomic E-state index is 0.252. The van der Waals surface area contributed by atoms with Crippen LogP contribution in [0.4, 0.5) is 14.6 Å². The molecule has 3 rings (SSSR count). The summed E-state index contributed by atoms with van der Waals surface area (Å²) >= 11 is 0. The summed E-state index contributed by atoms with van der Waals surface area (Å²) in [5, 5.41) is 29.8. The summed E-state index contributed by atoms with van der Waals surface area (Å²) in [7, 11) is 0. The zero-order chi connectivity index (χ0) is 21.3. The van der Waals surface area contributed by atoms with Gasteiger partial charge in [-0.2, -0.15) is 13.8 Å². The molecule has 29 heavy (non-hydrogen) atoms. The van der Waals surface area contributed by atoms with Crippen LogP contribution < -0.4 is 11.0 Å². The fraction of sp³-hybridized carbons (Fsp3) is 0.312. The lowest BCUT2D eigenvalue weighted by molar-refractivity contribution is -0.140. The Morgan fingerprint density at radius 1 is 1.31 bits per heavy atom. The van der Waals surface area contributed by atoms with Crippen LogP contribution in [0.25, 0.3) is 0 Å². The Kier molecular flexibility index (Phi) is 5.37. The Morgan fingerprint density at radius 2 is 2.03 bits per heavy atom. The molecule has 0 radical (unpaired) electrons. The number of nitrogens with one attached hydrogen (secondary N) is 1. The van der Waals surface area contributed by atoms with Crippen molar-refractivity contribution in [2.75, 3.05) is 11.9 Å². The number of nitrogens with zero attached hydrogens (tertiary/aromatic N) is 3. The van der Waals surface area contributed by atoms with E-state index in [0.29, 0.717) is 4.57 Å². The number of carbonyl (C=O) groups is 2. The van der Waals surface area contributed by atoms with Crippen molar-refractivity contribution in [2.24, 2.45) is 0 Å². The van der Waals surface area contributed by atoms with Crippen LogP contribution in [0.5, 0.6) is 0 Å². The van der Waals surface area contributed by atoms with E-state index in [4.69, 9.17) is 14.9 Å². The molecule has 0 aromatic carbocycles. The molecule has 154 valence electrons. The normalized spacial score (nSPS) is 23.0. The van der Waals surface area contributed by atoms with E-state index < -0.39 is 48.5 Å². The predicted octanol–water partition coefficient (Wildman–Crippen LogP) is -0.525. The summed E-state index contributed by atoms with van der Waals surface area (Å²) in [5.41, 5.74) is -1.87. The Bertz CT molecular complexity index is 1010. The summed E-state index contributed by atoms with van der Waals surface area (Å²) in [6, 6.07) is 2.16. The van der Waals surface area contributed by atoms with Gasteiger partial charge in [0.1, 0.15) is 11.9 Å². The molecule has 1 amide bonds. The number of aromatic carboxylic acids is 1. The number of rotatable bonds is 5. The molecular weight excluding hydrogens is 398 g/mol. The molecule has 1 fully saturated rings. The molecule has 11 nitrogen and oxygen atoms in total. The zero-order valence-electron chi connectivity index (χ0n) is 14.4. The van der Waals surface area contributed by atoms with Crippen LogP contribution in [-0.4, -0.2) is 66.5 Å². The molecule has 3 unspecified atom stereocenters. The minimum atomic E-state index is -3.88. The van der Waals surface area contributed by atoms with Crippen molar-refractivity contribution >= 4 is 17.7 Å². The number of hydrogen-bond donors (Lipinski definition) is 4. The average molecular weight is 412 g/mol. The number of carboxylic acids is 1. The van der Waals surface area contributed by atoms with Crippen molar-refractivity contribution in [1.29, 1.82) is 0 Å². The lowest BCUT2D eigenvalue weighted by atomic mass is 10.1. The number of carboxylic acid groups (broad SMARTS) is 1. The van der Waals surface area contributed by atoms with Gasteiger partial charge in [0.2, 0.25) is 6.23 Å². The Morgan fingerprint density at radius 3 is 2.62 bits per heavy atom. The van der Waals surface area contributed by atoms with Gasteiger partial charge < -0.3 is 25.4 Å². The predicted molar refractivity (Wildman–Crippen MR) is 89.6 cm³/mol. The number of pyridine rings is 1. The summed E-state index contributed by atoms with van der Waals surface area (Å²) in [6.45, 7) is -0.887. The summed E-state index contributed by atoms with van der Waals surface area (Å²) < 4.78 is 33.6. The molecular formula is C16H14F2N4O7. The summed E-state index contributed by atoms with van der Waals surface area (Å²) in [6.07, 6.45) is -3.12. The van der Waals surface area contributed by atoms with Crippen molar-refractivity contribution in [2.45, 2.75) is 24.4 Å². The number of amides is 1. The standard InChI is InChI=1S/C16H14F2N4O7/c17-16(18)11(24)9(6-23)29-14(16)22-4-2-10(21-15(22)28)20-12(25)7-1-3-19-5-8(7)13(26)27/h1-5,9,11,14,23-24H,6H2,(H,26,27)(H,20,21,25,28). The van der Waals surface area contributed by atoms with Gasteiger partial charge in [-0.1, -0.05) is 0 Å². The molecule has 3 atom stereocenters. The van der Waals surface area contributed by atoms with Crippen LogP contribution in [0.2, 0.25) is 0 Å². The van der Waals surface area contributed by atoms with E-state index in [1.54, 1.807) is 0 Å². The Labute approximate surface area is 160 Å². The highest BCUT2D eigenvalue weighted by atomic mass is 19.3. The Hall–Kier alpha value is -3.29. The summed E-state index contributed by atoms with van der Waals surface area (Å²) in [5.74, 6) is -6.52. The monoisotopic (exact) mass is 412 g/mol. The number of aliphatic hydroxyl groups excluding tert-OH is 2. The van der Waals surface area contributed by atoms with Crippen molar-refractivity contribution in [3.05, 3.63) is 52.3 Å². The van der Waals surface area contributed by atoms with E-state index in [2.05, 4.69) is 15.3 Å². The first kappa shape index (κ1) is 20.4. The van der Waals surface area contributed by atoms with Crippen LogP contribution in [0.1, 0.15) is 26.9 Å². The molecule has 2 aromatic heterocycles. The number of alkyl halides is 2. The molecule has 1 aliphatic heterocycles. The SMILES string of the molecule is O=C(O)c1cnccc1C(=O)Nc1ccn(C2OC(CO)C(O)C2(F)F)c(=O)n1. The van der Waals surface area contributed by atoms with Crippen LogP contribution in [0, 0.1) is 0 Å². The third kappa shape index (κ3) is 3.70. The second-order valence-corrected chi connectivity index (χ2v) is 6.01. The van der Waals surface area contributed by atoms with Gasteiger partial charge in [-0.3, -0.25) is 14.3 Å². The van der Waals surface area contributed by atoms with Gasteiger partial charge in [0, 0.05) is 18.6 Å². The number of anilines is 1. The molecule has 3 heterocycles. The second kappa shape index (κ2) is 7.62. The maximum Gasteiger partial charge on any atom is 0.351 e. The number of carbonyl (C=O) groups excluding carboxylic acids is 1. The molecule has 0 aliphatic carbocycles. The van der Waals surface area contributed by atoms with Gasteiger partial charge in [0.05, 0.1) is 17.7 Å². The smallest absolute Gasteiger partial charge is 0.351 e. The lowest BCUT2D eigenvalue weighted by Crippen LogP contribution is -2.41.